The third-order valence-electron chi connectivity index (χ3n) is 4.67. The Morgan fingerprint density at radius 3 is 2.64 bits per heavy atom. The predicted molar refractivity (Wildman–Crippen MR) is 96.1 cm³/mol. The van der Waals surface area contributed by atoms with Crippen molar-refractivity contribution in [3.63, 3.8) is 0 Å². The zero-order chi connectivity index (χ0) is 15.7. The van der Waals surface area contributed by atoms with Gasteiger partial charge < -0.3 is 9.47 Å². The minimum Gasteiger partial charge on any atom is -0.334 e. The van der Waals surface area contributed by atoms with E-state index < -0.39 is 0 Å². The molecule has 0 radical (unpaired) electrons. The van der Waals surface area contributed by atoms with E-state index in [0.717, 1.165) is 18.0 Å². The zero-order valence-electron chi connectivity index (χ0n) is 14.1. The van der Waals surface area contributed by atoms with Crippen LogP contribution in [0.15, 0.2) is 18.2 Å². The Balaban J connectivity index is 2.09. The lowest BCUT2D eigenvalue weighted by Gasteiger charge is -2.16. The summed E-state index contributed by atoms with van der Waals surface area (Å²) >= 11 is 1.83. The fraction of sp³-hybridized carbons (Fsp3) is 0.500. The number of nitrogens with zero attached hydrogens (tertiary/aromatic N) is 2. The van der Waals surface area contributed by atoms with Crippen LogP contribution in [0.1, 0.15) is 31.3 Å². The molecule has 0 saturated heterocycles. The van der Waals surface area contributed by atoms with Gasteiger partial charge in [-0.3, -0.25) is 0 Å². The van der Waals surface area contributed by atoms with Gasteiger partial charge in [-0.2, -0.15) is 0 Å². The molecule has 0 bridgehead atoms. The first-order valence-electron chi connectivity index (χ1n) is 8.39. The van der Waals surface area contributed by atoms with E-state index in [0.29, 0.717) is 0 Å². The molecular weight excluding hydrogens is 290 g/mol. The monoisotopic (exact) mass is 316 g/mol. The molecule has 0 fully saturated rings. The number of nitrogens with one attached hydrogen (secondary N) is 1. The summed E-state index contributed by atoms with van der Waals surface area (Å²) in [6.07, 6.45) is 1.08. The van der Waals surface area contributed by atoms with E-state index in [1.165, 1.54) is 46.4 Å². The van der Waals surface area contributed by atoms with Gasteiger partial charge in [0.05, 0.1) is 36.7 Å². The summed E-state index contributed by atoms with van der Waals surface area (Å²) in [6, 6.07) is 6.88. The van der Waals surface area contributed by atoms with E-state index in [4.69, 9.17) is 4.98 Å². The number of aromatic nitrogens is 2. The summed E-state index contributed by atoms with van der Waals surface area (Å²) < 4.78 is 2.49. The Labute approximate surface area is 136 Å². The Morgan fingerprint density at radius 1 is 1.18 bits per heavy atom. The molecular formula is C18H26N3S+. The maximum Gasteiger partial charge on any atom is 0.124 e. The molecule has 0 aliphatic heterocycles. The topological polar surface area (TPSA) is 22.3 Å². The van der Waals surface area contributed by atoms with Crippen molar-refractivity contribution in [1.82, 2.24) is 9.55 Å². The van der Waals surface area contributed by atoms with Crippen LogP contribution < -0.4 is 4.90 Å². The SMILES string of the molecule is CCc1ccc2c(c1)c1nc(C)sc1n2CC[NH+](CC)CC. The van der Waals surface area contributed by atoms with Gasteiger partial charge in [0, 0.05) is 5.39 Å². The number of fused-ring (bicyclic) bond motifs is 3. The number of likely N-dealkylation sites (N-methyl/N-ethyl adjacent to an activating group) is 1. The molecule has 0 aliphatic carbocycles. The molecule has 0 spiro atoms. The second-order valence-electron chi connectivity index (χ2n) is 5.95. The van der Waals surface area contributed by atoms with Gasteiger partial charge in [-0.1, -0.05) is 13.0 Å². The normalized spacial score (nSPS) is 12.0. The molecule has 0 atom stereocenters. The maximum atomic E-state index is 4.80. The van der Waals surface area contributed by atoms with Gasteiger partial charge in [-0.05, 0) is 44.9 Å². The van der Waals surface area contributed by atoms with Crippen molar-refractivity contribution >= 4 is 32.6 Å². The number of aryl methyl sites for hydroxylation is 2. The molecule has 3 nitrogen and oxygen atoms in total. The molecule has 118 valence electrons. The first-order valence-corrected chi connectivity index (χ1v) is 9.21. The Bertz CT molecular complexity index is 780. The van der Waals surface area contributed by atoms with Gasteiger partial charge in [-0.15, -0.1) is 11.3 Å². The van der Waals surface area contributed by atoms with Crippen molar-refractivity contribution in [2.24, 2.45) is 0 Å². The molecule has 3 aromatic rings. The minimum absolute atomic E-state index is 1.07. The van der Waals surface area contributed by atoms with Gasteiger partial charge in [0.2, 0.25) is 0 Å². The first-order chi connectivity index (χ1) is 10.7. The van der Waals surface area contributed by atoms with Crippen LogP contribution in [0.3, 0.4) is 0 Å². The zero-order valence-corrected chi connectivity index (χ0v) is 14.9. The van der Waals surface area contributed by atoms with Crippen LogP contribution in [0.5, 0.6) is 0 Å². The highest BCUT2D eigenvalue weighted by Crippen LogP contribution is 2.33. The van der Waals surface area contributed by atoms with Crippen LogP contribution in [0.25, 0.3) is 21.3 Å². The fourth-order valence-electron chi connectivity index (χ4n) is 3.21. The summed E-state index contributed by atoms with van der Waals surface area (Å²) in [6.45, 7) is 13.5. The van der Waals surface area contributed by atoms with Gasteiger partial charge in [0.25, 0.3) is 0 Å². The molecule has 2 heterocycles. The first kappa shape index (κ1) is 15.5. The molecule has 3 rings (SSSR count). The van der Waals surface area contributed by atoms with Crippen LogP contribution in [-0.2, 0) is 13.0 Å². The fourth-order valence-corrected chi connectivity index (χ4v) is 4.18. The maximum absolute atomic E-state index is 4.80. The number of hydrogen-bond donors (Lipinski definition) is 1. The summed E-state index contributed by atoms with van der Waals surface area (Å²) in [7, 11) is 0. The van der Waals surface area contributed by atoms with Gasteiger partial charge in [-0.25, -0.2) is 4.98 Å². The quantitative estimate of drug-likeness (QED) is 0.742. The van der Waals surface area contributed by atoms with Crippen LogP contribution in [-0.4, -0.2) is 29.2 Å². The van der Waals surface area contributed by atoms with Crippen LogP contribution in [0.4, 0.5) is 0 Å². The second kappa shape index (κ2) is 6.39. The molecule has 1 aromatic carbocycles. The van der Waals surface area contributed by atoms with Crippen molar-refractivity contribution in [2.45, 2.75) is 40.7 Å². The number of hydrogen-bond acceptors (Lipinski definition) is 2. The van der Waals surface area contributed by atoms with E-state index in [1.807, 2.05) is 11.3 Å². The van der Waals surface area contributed by atoms with Crippen molar-refractivity contribution in [2.75, 3.05) is 19.6 Å². The Hall–Kier alpha value is -1.39. The number of thiazole rings is 1. The molecule has 1 N–H and O–H groups in total. The average molecular weight is 316 g/mol. The lowest BCUT2D eigenvalue weighted by molar-refractivity contribution is -0.897. The molecule has 0 saturated carbocycles. The molecule has 0 aliphatic rings. The Morgan fingerprint density at radius 2 is 1.95 bits per heavy atom. The van der Waals surface area contributed by atoms with Gasteiger partial charge in [0.1, 0.15) is 10.3 Å². The molecule has 0 unspecified atom stereocenters. The summed E-state index contributed by atoms with van der Waals surface area (Å²) in [5, 5.41) is 2.49. The van der Waals surface area contributed by atoms with E-state index in [2.05, 4.69) is 50.5 Å². The molecule has 22 heavy (non-hydrogen) atoms. The highest BCUT2D eigenvalue weighted by atomic mass is 32.1. The largest absolute Gasteiger partial charge is 0.334 e. The summed E-state index contributed by atoms with van der Waals surface area (Å²) in [4.78, 5) is 7.79. The van der Waals surface area contributed by atoms with Crippen molar-refractivity contribution < 1.29 is 4.90 Å². The lowest BCUT2D eigenvalue weighted by atomic mass is 10.1. The lowest BCUT2D eigenvalue weighted by Crippen LogP contribution is -3.11. The van der Waals surface area contributed by atoms with E-state index in [1.54, 1.807) is 4.90 Å². The molecule has 2 aromatic heterocycles. The van der Waals surface area contributed by atoms with Crippen molar-refractivity contribution in [1.29, 1.82) is 0 Å². The van der Waals surface area contributed by atoms with Crippen molar-refractivity contribution in [3.8, 4) is 0 Å². The predicted octanol–water partition coefficient (Wildman–Crippen LogP) is 3.05. The van der Waals surface area contributed by atoms with Crippen LogP contribution in [0.2, 0.25) is 0 Å². The van der Waals surface area contributed by atoms with Crippen LogP contribution in [0, 0.1) is 6.92 Å². The van der Waals surface area contributed by atoms with Gasteiger partial charge >= 0.3 is 0 Å². The summed E-state index contributed by atoms with van der Waals surface area (Å²) in [5.41, 5.74) is 3.94. The van der Waals surface area contributed by atoms with E-state index in [9.17, 15) is 0 Å². The average Bonchev–Trinajstić information content (AvgIpc) is 3.04. The Kier molecular flexibility index (Phi) is 4.50. The number of benzene rings is 1. The van der Waals surface area contributed by atoms with Crippen molar-refractivity contribution in [3.05, 3.63) is 28.8 Å². The van der Waals surface area contributed by atoms with Gasteiger partial charge in [0.15, 0.2) is 0 Å². The third-order valence-corrected chi connectivity index (χ3v) is 5.66. The minimum atomic E-state index is 1.07. The highest BCUT2D eigenvalue weighted by molar-refractivity contribution is 7.18. The number of rotatable bonds is 6. The summed E-state index contributed by atoms with van der Waals surface area (Å²) in [5.74, 6) is 0. The third kappa shape index (κ3) is 2.66. The van der Waals surface area contributed by atoms with E-state index >= 15 is 0 Å². The highest BCUT2D eigenvalue weighted by Gasteiger charge is 2.16. The molecule has 4 heteroatoms. The second-order valence-corrected chi connectivity index (χ2v) is 7.13. The number of quaternary nitrogens is 1. The molecule has 0 amide bonds. The van der Waals surface area contributed by atoms with Crippen LogP contribution >= 0.6 is 11.3 Å². The smallest absolute Gasteiger partial charge is 0.124 e. The standard InChI is InChI=1S/C18H25N3S/c1-5-14-8-9-16-15(12-14)17-18(22-13(4)19-17)21(16)11-10-20(6-2)7-3/h8-9,12H,5-7,10-11H2,1-4H3/p+1. The van der Waals surface area contributed by atoms with E-state index in [-0.39, 0.29) is 0 Å².